The van der Waals surface area contributed by atoms with E-state index in [1.807, 2.05) is 0 Å². The molecule has 2 atom stereocenters. The number of hydrogen-bond donors (Lipinski definition) is 2. The molecule has 7 heteroatoms. The third kappa shape index (κ3) is 2.57. The molecule has 0 saturated carbocycles. The molecule has 2 rings (SSSR count). The number of carboxylic acid groups (broad SMARTS) is 1. The van der Waals surface area contributed by atoms with Gasteiger partial charge in [0.2, 0.25) is 0 Å². The standard InChI is InChI=1S/C14H16F3NO3/c1-21-11-5-3-2-4-9(11)6-10-7-18-8-13(10,12(19)20)14(15,16)17/h2-5,10,18H,6-8H2,1H3,(H,19,20). The minimum Gasteiger partial charge on any atom is -0.496 e. The molecule has 0 amide bonds. The number of para-hydroxylation sites is 1. The van der Waals surface area contributed by atoms with E-state index in [1.165, 1.54) is 7.11 Å². The lowest BCUT2D eigenvalue weighted by Gasteiger charge is -2.32. The van der Waals surface area contributed by atoms with Crippen molar-refractivity contribution in [3.8, 4) is 5.75 Å². The Bertz CT molecular complexity index is 532. The van der Waals surface area contributed by atoms with E-state index in [2.05, 4.69) is 5.32 Å². The maximum absolute atomic E-state index is 13.3. The molecule has 0 aliphatic carbocycles. The smallest absolute Gasteiger partial charge is 0.406 e. The van der Waals surface area contributed by atoms with Gasteiger partial charge in [0.15, 0.2) is 5.41 Å². The first kappa shape index (κ1) is 15.6. The molecule has 116 valence electrons. The lowest BCUT2D eigenvalue weighted by molar-refractivity contribution is -0.236. The number of nitrogens with one attached hydrogen (secondary N) is 1. The van der Waals surface area contributed by atoms with E-state index in [-0.39, 0.29) is 13.0 Å². The normalized spacial score (nSPS) is 25.8. The summed E-state index contributed by atoms with van der Waals surface area (Å²) in [5, 5.41) is 11.8. The van der Waals surface area contributed by atoms with Crippen LogP contribution in [-0.2, 0) is 11.2 Å². The summed E-state index contributed by atoms with van der Waals surface area (Å²) in [5.41, 5.74) is -2.18. The van der Waals surface area contributed by atoms with Gasteiger partial charge in [-0.1, -0.05) is 18.2 Å². The van der Waals surface area contributed by atoms with E-state index in [1.54, 1.807) is 24.3 Å². The van der Waals surface area contributed by atoms with Gasteiger partial charge in [0.1, 0.15) is 5.75 Å². The van der Waals surface area contributed by atoms with Crippen molar-refractivity contribution >= 4 is 5.97 Å². The molecule has 1 aromatic carbocycles. The molecule has 2 N–H and O–H groups in total. The monoisotopic (exact) mass is 303 g/mol. The Morgan fingerprint density at radius 2 is 2.14 bits per heavy atom. The zero-order valence-electron chi connectivity index (χ0n) is 11.4. The van der Waals surface area contributed by atoms with Gasteiger partial charge in [0.25, 0.3) is 0 Å². The lowest BCUT2D eigenvalue weighted by Crippen LogP contribution is -2.51. The molecule has 0 aromatic heterocycles. The van der Waals surface area contributed by atoms with E-state index in [0.717, 1.165) is 0 Å². The van der Waals surface area contributed by atoms with E-state index in [9.17, 15) is 23.1 Å². The van der Waals surface area contributed by atoms with E-state index < -0.39 is 30.0 Å². The predicted octanol–water partition coefficient (Wildman–Crippen LogP) is 2.09. The highest BCUT2D eigenvalue weighted by atomic mass is 19.4. The van der Waals surface area contributed by atoms with Crippen molar-refractivity contribution in [2.75, 3.05) is 20.2 Å². The fraction of sp³-hybridized carbons (Fsp3) is 0.500. The fourth-order valence-electron chi connectivity index (χ4n) is 2.85. The van der Waals surface area contributed by atoms with Gasteiger partial charge in [0.05, 0.1) is 7.11 Å². The molecule has 0 spiro atoms. The summed E-state index contributed by atoms with van der Waals surface area (Å²) >= 11 is 0. The Morgan fingerprint density at radius 1 is 1.48 bits per heavy atom. The second-order valence-corrected chi connectivity index (χ2v) is 5.12. The summed E-state index contributed by atoms with van der Waals surface area (Å²) in [5.74, 6) is -2.45. The molecule has 1 heterocycles. The van der Waals surface area contributed by atoms with Crippen LogP contribution in [0.2, 0.25) is 0 Å². The van der Waals surface area contributed by atoms with Crippen molar-refractivity contribution in [3.63, 3.8) is 0 Å². The van der Waals surface area contributed by atoms with Crippen LogP contribution < -0.4 is 10.1 Å². The quantitative estimate of drug-likeness (QED) is 0.894. The van der Waals surface area contributed by atoms with Crippen LogP contribution in [0.5, 0.6) is 5.75 Å². The fourth-order valence-corrected chi connectivity index (χ4v) is 2.85. The molecule has 21 heavy (non-hydrogen) atoms. The van der Waals surface area contributed by atoms with Crippen molar-refractivity contribution < 1.29 is 27.8 Å². The van der Waals surface area contributed by atoms with Crippen molar-refractivity contribution in [2.45, 2.75) is 12.6 Å². The van der Waals surface area contributed by atoms with E-state index in [4.69, 9.17) is 4.74 Å². The van der Waals surface area contributed by atoms with E-state index in [0.29, 0.717) is 11.3 Å². The molecule has 4 nitrogen and oxygen atoms in total. The summed E-state index contributed by atoms with van der Waals surface area (Å²) in [7, 11) is 1.43. The SMILES string of the molecule is COc1ccccc1CC1CNCC1(C(=O)O)C(F)(F)F. The second kappa shape index (κ2) is 5.55. The predicted molar refractivity (Wildman–Crippen MR) is 69.2 cm³/mol. The second-order valence-electron chi connectivity index (χ2n) is 5.12. The number of alkyl halides is 3. The van der Waals surface area contributed by atoms with Crippen LogP contribution in [-0.4, -0.2) is 37.5 Å². The zero-order chi connectivity index (χ0) is 15.7. The van der Waals surface area contributed by atoms with Gasteiger partial charge >= 0.3 is 12.1 Å². The molecule has 2 unspecified atom stereocenters. The van der Waals surface area contributed by atoms with Crippen LogP contribution in [0, 0.1) is 11.3 Å². The van der Waals surface area contributed by atoms with Crippen molar-refractivity contribution in [2.24, 2.45) is 11.3 Å². The highest BCUT2D eigenvalue weighted by molar-refractivity contribution is 5.77. The van der Waals surface area contributed by atoms with Gasteiger partial charge in [0, 0.05) is 12.5 Å². The van der Waals surface area contributed by atoms with Crippen LogP contribution in [0.1, 0.15) is 5.56 Å². The van der Waals surface area contributed by atoms with Crippen LogP contribution in [0.3, 0.4) is 0 Å². The average molecular weight is 303 g/mol. The first-order valence-corrected chi connectivity index (χ1v) is 6.45. The van der Waals surface area contributed by atoms with Crippen molar-refractivity contribution in [1.29, 1.82) is 0 Å². The summed E-state index contributed by atoms with van der Waals surface area (Å²) in [6, 6.07) is 6.70. The van der Waals surface area contributed by atoms with Crippen LogP contribution in [0.4, 0.5) is 13.2 Å². The Labute approximate surface area is 119 Å². The minimum absolute atomic E-state index is 0.00383. The number of hydrogen-bond acceptors (Lipinski definition) is 3. The summed E-state index contributed by atoms with van der Waals surface area (Å²) in [4.78, 5) is 11.3. The van der Waals surface area contributed by atoms with Gasteiger partial charge in [-0.15, -0.1) is 0 Å². The minimum atomic E-state index is -4.81. The molecule has 1 aliphatic rings. The molecule has 1 saturated heterocycles. The maximum atomic E-state index is 13.3. The van der Waals surface area contributed by atoms with Gasteiger partial charge in [-0.2, -0.15) is 13.2 Å². The molecular formula is C14H16F3NO3. The Kier molecular flexibility index (Phi) is 4.13. The molecule has 1 fully saturated rings. The van der Waals surface area contributed by atoms with Crippen LogP contribution in [0.15, 0.2) is 24.3 Å². The van der Waals surface area contributed by atoms with Gasteiger partial charge in [-0.3, -0.25) is 4.79 Å². The number of methoxy groups -OCH3 is 1. The summed E-state index contributed by atoms with van der Waals surface area (Å²) < 4.78 is 45.2. The number of carbonyl (C=O) groups is 1. The first-order valence-electron chi connectivity index (χ1n) is 6.45. The Balaban J connectivity index is 2.36. The largest absolute Gasteiger partial charge is 0.496 e. The molecule has 1 aliphatic heterocycles. The molecule has 0 radical (unpaired) electrons. The van der Waals surface area contributed by atoms with E-state index >= 15 is 0 Å². The van der Waals surface area contributed by atoms with Crippen molar-refractivity contribution in [1.82, 2.24) is 5.32 Å². The summed E-state index contributed by atoms with van der Waals surface area (Å²) in [6.07, 6.45) is -4.82. The number of halogens is 3. The summed E-state index contributed by atoms with van der Waals surface area (Å²) in [6.45, 7) is -0.602. The van der Waals surface area contributed by atoms with Crippen LogP contribution in [0.25, 0.3) is 0 Å². The molecule has 0 bridgehead atoms. The third-order valence-corrected chi connectivity index (χ3v) is 4.04. The topological polar surface area (TPSA) is 58.6 Å². The number of ether oxygens (including phenoxy) is 1. The highest BCUT2D eigenvalue weighted by Crippen LogP contribution is 2.48. The number of aliphatic carboxylic acids is 1. The zero-order valence-corrected chi connectivity index (χ0v) is 11.4. The number of rotatable bonds is 4. The third-order valence-electron chi connectivity index (χ3n) is 4.04. The van der Waals surface area contributed by atoms with Gasteiger partial charge in [-0.05, 0) is 24.6 Å². The number of carboxylic acids is 1. The number of benzene rings is 1. The average Bonchev–Trinajstić information content (AvgIpc) is 2.83. The highest BCUT2D eigenvalue weighted by Gasteiger charge is 2.66. The Hall–Kier alpha value is -1.76. The van der Waals surface area contributed by atoms with Gasteiger partial charge in [-0.25, -0.2) is 0 Å². The van der Waals surface area contributed by atoms with Crippen molar-refractivity contribution in [3.05, 3.63) is 29.8 Å². The Morgan fingerprint density at radius 3 is 2.71 bits per heavy atom. The maximum Gasteiger partial charge on any atom is 0.406 e. The molecule has 1 aromatic rings. The van der Waals surface area contributed by atoms with Gasteiger partial charge < -0.3 is 15.2 Å². The first-order chi connectivity index (χ1) is 9.83. The molecular weight excluding hydrogens is 287 g/mol. The van der Waals surface area contributed by atoms with Crippen LogP contribution >= 0.6 is 0 Å². The lowest BCUT2D eigenvalue weighted by atomic mass is 9.74.